The van der Waals surface area contributed by atoms with E-state index in [0.717, 1.165) is 29.3 Å². The molecule has 0 aromatic carbocycles. The van der Waals surface area contributed by atoms with Gasteiger partial charge in [-0.05, 0) is 51.8 Å². The van der Waals surface area contributed by atoms with Crippen LogP contribution in [0.5, 0.6) is 0 Å². The highest BCUT2D eigenvalue weighted by Crippen LogP contribution is 2.17. The Labute approximate surface area is 107 Å². The van der Waals surface area contributed by atoms with Crippen LogP contribution in [0.15, 0.2) is 12.1 Å². The van der Waals surface area contributed by atoms with E-state index in [1.54, 1.807) is 0 Å². The molecule has 1 atom stereocenters. The van der Waals surface area contributed by atoms with Crippen molar-refractivity contribution in [3.05, 3.63) is 34.8 Å². The molecule has 0 radical (unpaired) electrons. The molecule has 18 heavy (non-hydrogen) atoms. The fourth-order valence-corrected chi connectivity index (χ4v) is 2.02. The summed E-state index contributed by atoms with van der Waals surface area (Å²) < 4.78 is 1.83. The molecule has 5 nitrogen and oxygen atoms in total. The molecule has 0 saturated carbocycles. The SMILES string of the molecule is Cc1ccc(-n2nc(C)c(CC(C)N)c2C)nn1. The van der Waals surface area contributed by atoms with E-state index < -0.39 is 0 Å². The van der Waals surface area contributed by atoms with Gasteiger partial charge in [-0.2, -0.15) is 10.2 Å². The van der Waals surface area contributed by atoms with Crippen LogP contribution in [0.2, 0.25) is 0 Å². The quantitative estimate of drug-likeness (QED) is 0.889. The van der Waals surface area contributed by atoms with Crippen molar-refractivity contribution in [2.45, 2.75) is 40.2 Å². The maximum absolute atomic E-state index is 5.87. The summed E-state index contributed by atoms with van der Waals surface area (Å²) in [5.41, 5.74) is 10.1. The molecule has 0 amide bonds. The number of rotatable bonds is 3. The van der Waals surface area contributed by atoms with Crippen molar-refractivity contribution in [1.82, 2.24) is 20.0 Å². The zero-order valence-electron chi connectivity index (χ0n) is 11.3. The van der Waals surface area contributed by atoms with Gasteiger partial charge in [0.2, 0.25) is 0 Å². The Kier molecular flexibility index (Phi) is 3.43. The largest absolute Gasteiger partial charge is 0.328 e. The minimum absolute atomic E-state index is 0.129. The average Bonchev–Trinajstić information content (AvgIpc) is 2.58. The highest BCUT2D eigenvalue weighted by Gasteiger charge is 2.14. The zero-order valence-corrected chi connectivity index (χ0v) is 11.3. The fourth-order valence-electron chi connectivity index (χ4n) is 2.02. The second-order valence-electron chi connectivity index (χ2n) is 4.78. The summed E-state index contributed by atoms with van der Waals surface area (Å²) in [6.07, 6.45) is 0.830. The maximum Gasteiger partial charge on any atom is 0.175 e. The van der Waals surface area contributed by atoms with Crippen molar-refractivity contribution in [1.29, 1.82) is 0 Å². The fraction of sp³-hybridized carbons (Fsp3) is 0.462. The number of nitrogens with zero attached hydrogens (tertiary/aromatic N) is 4. The first-order valence-electron chi connectivity index (χ1n) is 6.10. The third kappa shape index (κ3) is 2.41. The first kappa shape index (κ1) is 12.7. The third-order valence-corrected chi connectivity index (χ3v) is 2.97. The number of nitrogens with two attached hydrogens (primary N) is 1. The molecule has 96 valence electrons. The van der Waals surface area contributed by atoms with E-state index in [-0.39, 0.29) is 6.04 Å². The second kappa shape index (κ2) is 4.86. The molecular formula is C13H19N5. The molecule has 2 rings (SSSR count). The highest BCUT2D eigenvalue weighted by atomic mass is 15.3. The second-order valence-corrected chi connectivity index (χ2v) is 4.78. The van der Waals surface area contributed by atoms with Gasteiger partial charge >= 0.3 is 0 Å². The first-order valence-corrected chi connectivity index (χ1v) is 6.10. The lowest BCUT2D eigenvalue weighted by molar-refractivity contribution is 0.729. The van der Waals surface area contributed by atoms with Gasteiger partial charge in [-0.3, -0.25) is 0 Å². The average molecular weight is 245 g/mol. The molecule has 0 saturated heterocycles. The molecule has 0 fully saturated rings. The van der Waals surface area contributed by atoms with E-state index in [9.17, 15) is 0 Å². The predicted octanol–water partition coefficient (Wildman–Crippen LogP) is 1.48. The Balaban J connectivity index is 2.43. The first-order chi connectivity index (χ1) is 8.49. The van der Waals surface area contributed by atoms with Crippen LogP contribution in [-0.2, 0) is 6.42 Å². The lowest BCUT2D eigenvalue weighted by Gasteiger charge is -2.06. The molecule has 0 aliphatic carbocycles. The van der Waals surface area contributed by atoms with E-state index in [1.165, 1.54) is 5.56 Å². The standard InChI is InChI=1S/C13H19N5/c1-8(14)7-12-10(3)17-18(11(12)4)13-6-5-9(2)15-16-13/h5-6,8H,7,14H2,1-4H3. The number of aromatic nitrogens is 4. The van der Waals surface area contributed by atoms with Crippen LogP contribution >= 0.6 is 0 Å². The molecule has 2 aromatic rings. The smallest absolute Gasteiger partial charge is 0.175 e. The normalized spacial score (nSPS) is 12.7. The molecular weight excluding hydrogens is 226 g/mol. The van der Waals surface area contributed by atoms with Crippen LogP contribution in [-0.4, -0.2) is 26.0 Å². The summed E-state index contributed by atoms with van der Waals surface area (Å²) in [6, 6.07) is 3.99. The van der Waals surface area contributed by atoms with Gasteiger partial charge in [0.1, 0.15) is 0 Å². The maximum atomic E-state index is 5.87. The lowest BCUT2D eigenvalue weighted by atomic mass is 10.1. The summed E-state index contributed by atoms with van der Waals surface area (Å²) in [5.74, 6) is 0.747. The Morgan fingerprint density at radius 3 is 2.50 bits per heavy atom. The van der Waals surface area contributed by atoms with Crippen molar-refractivity contribution in [3.8, 4) is 5.82 Å². The van der Waals surface area contributed by atoms with Crippen LogP contribution in [0.4, 0.5) is 0 Å². The van der Waals surface area contributed by atoms with Gasteiger partial charge in [0.25, 0.3) is 0 Å². The number of hydrogen-bond acceptors (Lipinski definition) is 4. The lowest BCUT2D eigenvalue weighted by Crippen LogP contribution is -2.18. The van der Waals surface area contributed by atoms with E-state index in [0.29, 0.717) is 0 Å². The minimum atomic E-state index is 0.129. The Morgan fingerprint density at radius 1 is 1.22 bits per heavy atom. The van der Waals surface area contributed by atoms with Gasteiger partial charge in [-0.25, -0.2) is 4.68 Å². The van der Waals surface area contributed by atoms with Crippen LogP contribution in [0.1, 0.15) is 29.6 Å². The molecule has 2 N–H and O–H groups in total. The number of aryl methyl sites for hydroxylation is 2. The molecule has 0 aliphatic heterocycles. The summed E-state index contributed by atoms with van der Waals surface area (Å²) >= 11 is 0. The molecule has 2 aromatic heterocycles. The molecule has 0 aliphatic rings. The van der Waals surface area contributed by atoms with Crippen LogP contribution in [0, 0.1) is 20.8 Å². The Morgan fingerprint density at radius 2 is 1.94 bits per heavy atom. The van der Waals surface area contributed by atoms with Crippen molar-refractivity contribution in [2.75, 3.05) is 0 Å². The van der Waals surface area contributed by atoms with E-state index in [1.807, 2.05) is 44.5 Å². The van der Waals surface area contributed by atoms with Gasteiger partial charge < -0.3 is 5.73 Å². The van der Waals surface area contributed by atoms with E-state index >= 15 is 0 Å². The third-order valence-electron chi connectivity index (χ3n) is 2.97. The van der Waals surface area contributed by atoms with Gasteiger partial charge in [0, 0.05) is 11.7 Å². The topological polar surface area (TPSA) is 69.6 Å². The van der Waals surface area contributed by atoms with Gasteiger partial charge in [0.05, 0.1) is 11.4 Å². The van der Waals surface area contributed by atoms with Gasteiger partial charge in [0.15, 0.2) is 5.82 Å². The van der Waals surface area contributed by atoms with E-state index in [4.69, 9.17) is 5.73 Å². The Hall–Kier alpha value is -1.75. The molecule has 0 bridgehead atoms. The highest BCUT2D eigenvalue weighted by molar-refractivity contribution is 5.32. The molecule has 0 spiro atoms. The summed E-state index contributed by atoms with van der Waals surface area (Å²) in [5, 5.41) is 12.7. The predicted molar refractivity (Wildman–Crippen MR) is 70.7 cm³/mol. The summed E-state index contributed by atoms with van der Waals surface area (Å²) in [7, 11) is 0. The van der Waals surface area contributed by atoms with Crippen LogP contribution in [0.25, 0.3) is 5.82 Å². The van der Waals surface area contributed by atoms with Crippen molar-refractivity contribution in [3.63, 3.8) is 0 Å². The summed E-state index contributed by atoms with van der Waals surface area (Å²) in [4.78, 5) is 0. The van der Waals surface area contributed by atoms with Crippen LogP contribution in [0.3, 0.4) is 0 Å². The van der Waals surface area contributed by atoms with Gasteiger partial charge in [-0.1, -0.05) is 0 Å². The Bertz CT molecular complexity index is 539. The van der Waals surface area contributed by atoms with E-state index in [2.05, 4.69) is 15.3 Å². The molecule has 2 heterocycles. The van der Waals surface area contributed by atoms with Crippen molar-refractivity contribution >= 4 is 0 Å². The molecule has 5 heteroatoms. The number of hydrogen-bond donors (Lipinski definition) is 1. The van der Waals surface area contributed by atoms with Crippen molar-refractivity contribution < 1.29 is 0 Å². The monoisotopic (exact) mass is 245 g/mol. The van der Waals surface area contributed by atoms with Crippen molar-refractivity contribution in [2.24, 2.45) is 5.73 Å². The summed E-state index contributed by atoms with van der Waals surface area (Å²) in [6.45, 7) is 7.96. The van der Waals surface area contributed by atoms with Crippen LogP contribution < -0.4 is 5.73 Å². The van der Waals surface area contributed by atoms with Gasteiger partial charge in [-0.15, -0.1) is 5.10 Å². The molecule has 1 unspecified atom stereocenters. The minimum Gasteiger partial charge on any atom is -0.328 e. The zero-order chi connectivity index (χ0) is 13.3.